The van der Waals surface area contributed by atoms with Gasteiger partial charge in [0.05, 0.1) is 0 Å². The summed E-state index contributed by atoms with van der Waals surface area (Å²) >= 11 is 0. The van der Waals surface area contributed by atoms with E-state index in [-0.39, 0.29) is 30.7 Å². The first-order chi connectivity index (χ1) is 9.21. The van der Waals surface area contributed by atoms with Crippen LogP contribution >= 0.6 is 24.8 Å². The van der Waals surface area contributed by atoms with Crippen LogP contribution in [-0.4, -0.2) is 30.5 Å². The molecule has 0 aliphatic heterocycles. The number of nitrogens with one attached hydrogen (secondary N) is 1. The molecule has 1 aromatic heterocycles. The molecule has 5 nitrogen and oxygen atoms in total. The molecule has 0 aliphatic carbocycles. The minimum atomic E-state index is 0. The van der Waals surface area contributed by atoms with Crippen LogP contribution in [0.1, 0.15) is 32.3 Å². The molecule has 1 amide bonds. The van der Waals surface area contributed by atoms with E-state index < -0.39 is 0 Å². The van der Waals surface area contributed by atoms with E-state index in [1.165, 1.54) is 0 Å². The number of pyridine rings is 1. The third-order valence-electron chi connectivity index (χ3n) is 2.99. The van der Waals surface area contributed by atoms with Gasteiger partial charge in [0.25, 0.3) is 0 Å². The normalized spacial score (nSPS) is 9.29. The molecule has 0 spiro atoms. The van der Waals surface area contributed by atoms with E-state index in [2.05, 4.69) is 29.0 Å². The van der Waals surface area contributed by atoms with E-state index >= 15 is 0 Å². The lowest BCUT2D eigenvalue weighted by Gasteiger charge is -2.19. The van der Waals surface area contributed by atoms with E-state index in [1.54, 1.807) is 0 Å². The van der Waals surface area contributed by atoms with Crippen LogP contribution in [0.25, 0.3) is 0 Å². The summed E-state index contributed by atoms with van der Waals surface area (Å²) in [7, 11) is 0. The second-order valence-electron chi connectivity index (χ2n) is 4.37. The Balaban J connectivity index is 0. The van der Waals surface area contributed by atoms with E-state index in [0.717, 1.165) is 30.9 Å². The van der Waals surface area contributed by atoms with Crippen molar-refractivity contribution in [3.63, 3.8) is 0 Å². The van der Waals surface area contributed by atoms with Gasteiger partial charge in [-0.25, -0.2) is 4.98 Å². The minimum Gasteiger partial charge on any atom is -0.357 e. The average Bonchev–Trinajstić information content (AvgIpc) is 2.45. The van der Waals surface area contributed by atoms with Gasteiger partial charge in [-0.1, -0.05) is 6.07 Å². The van der Waals surface area contributed by atoms with Gasteiger partial charge in [-0.2, -0.15) is 0 Å². The van der Waals surface area contributed by atoms with Crippen molar-refractivity contribution in [1.82, 2.24) is 10.3 Å². The Morgan fingerprint density at radius 3 is 2.43 bits per heavy atom. The zero-order chi connectivity index (χ0) is 14.1. The quantitative estimate of drug-likeness (QED) is 0.762. The monoisotopic (exact) mass is 336 g/mol. The SMILES string of the molecule is CCN(CC)c1ccc(CNC(=O)CCCN)cn1.Cl.Cl. The largest absolute Gasteiger partial charge is 0.357 e. The molecule has 0 aromatic carbocycles. The lowest BCUT2D eigenvalue weighted by Crippen LogP contribution is -2.24. The van der Waals surface area contributed by atoms with Crippen LogP contribution in [0, 0.1) is 0 Å². The standard InChI is InChI=1S/C14H24N4O.2ClH/c1-3-18(4-2)13-8-7-12(10-16-13)11-17-14(19)6-5-9-15;;/h7-8,10H,3-6,9,11,15H2,1-2H3,(H,17,19);2*1H. The summed E-state index contributed by atoms with van der Waals surface area (Å²) in [6.07, 6.45) is 3.03. The molecular formula is C14H26Cl2N4O. The van der Waals surface area contributed by atoms with Crippen molar-refractivity contribution in [2.45, 2.75) is 33.2 Å². The van der Waals surface area contributed by atoms with E-state index in [1.807, 2.05) is 18.3 Å². The van der Waals surface area contributed by atoms with Crippen molar-refractivity contribution < 1.29 is 4.79 Å². The van der Waals surface area contributed by atoms with Gasteiger partial charge in [0.2, 0.25) is 5.91 Å². The number of hydrogen-bond acceptors (Lipinski definition) is 4. The van der Waals surface area contributed by atoms with Crippen LogP contribution < -0.4 is 16.0 Å². The Hall–Kier alpha value is -1.04. The van der Waals surface area contributed by atoms with Crippen molar-refractivity contribution in [1.29, 1.82) is 0 Å². The minimum absolute atomic E-state index is 0. The van der Waals surface area contributed by atoms with E-state index in [4.69, 9.17) is 5.73 Å². The van der Waals surface area contributed by atoms with Crippen LogP contribution in [-0.2, 0) is 11.3 Å². The number of nitrogens with zero attached hydrogens (tertiary/aromatic N) is 2. The fourth-order valence-electron chi connectivity index (χ4n) is 1.81. The highest BCUT2D eigenvalue weighted by Crippen LogP contribution is 2.10. The zero-order valence-electron chi connectivity index (χ0n) is 12.7. The number of carbonyl (C=O) groups is 1. The predicted octanol–water partition coefficient (Wildman–Crippen LogP) is 2.13. The molecule has 21 heavy (non-hydrogen) atoms. The molecule has 0 fully saturated rings. The number of carbonyl (C=O) groups excluding carboxylic acids is 1. The Labute approximate surface area is 139 Å². The molecule has 122 valence electrons. The predicted molar refractivity (Wildman–Crippen MR) is 92.4 cm³/mol. The molecular weight excluding hydrogens is 311 g/mol. The number of halogens is 2. The maximum atomic E-state index is 11.4. The summed E-state index contributed by atoms with van der Waals surface area (Å²) in [6, 6.07) is 4.00. The highest BCUT2D eigenvalue weighted by atomic mass is 35.5. The highest BCUT2D eigenvalue weighted by molar-refractivity contribution is 5.85. The molecule has 0 unspecified atom stereocenters. The van der Waals surface area contributed by atoms with Gasteiger partial charge in [-0.15, -0.1) is 24.8 Å². The molecule has 1 rings (SSSR count). The van der Waals surface area contributed by atoms with Gasteiger partial charge in [-0.3, -0.25) is 4.79 Å². The zero-order valence-corrected chi connectivity index (χ0v) is 14.3. The van der Waals surface area contributed by atoms with Crippen LogP contribution in [0.3, 0.4) is 0 Å². The molecule has 1 aromatic rings. The van der Waals surface area contributed by atoms with Gasteiger partial charge in [0.1, 0.15) is 5.82 Å². The van der Waals surface area contributed by atoms with Crippen LogP contribution in [0.2, 0.25) is 0 Å². The van der Waals surface area contributed by atoms with Crippen molar-refractivity contribution >= 4 is 36.5 Å². The number of anilines is 1. The summed E-state index contributed by atoms with van der Waals surface area (Å²) < 4.78 is 0. The van der Waals surface area contributed by atoms with Gasteiger partial charge in [0, 0.05) is 32.3 Å². The summed E-state index contributed by atoms with van der Waals surface area (Å²) in [4.78, 5) is 18.0. The Bertz CT molecular complexity index is 383. The fraction of sp³-hybridized carbons (Fsp3) is 0.571. The van der Waals surface area contributed by atoms with Crippen LogP contribution in [0.5, 0.6) is 0 Å². The number of amides is 1. The highest BCUT2D eigenvalue weighted by Gasteiger charge is 2.04. The maximum absolute atomic E-state index is 11.4. The van der Waals surface area contributed by atoms with Crippen LogP contribution in [0.4, 0.5) is 5.82 Å². The maximum Gasteiger partial charge on any atom is 0.220 e. The molecule has 0 bridgehead atoms. The molecule has 0 aliphatic rings. The molecule has 0 radical (unpaired) electrons. The van der Waals surface area contributed by atoms with Crippen LogP contribution in [0.15, 0.2) is 18.3 Å². The second kappa shape index (κ2) is 12.7. The Kier molecular flexibility index (Phi) is 13.4. The first-order valence-corrected chi connectivity index (χ1v) is 6.87. The lowest BCUT2D eigenvalue weighted by atomic mass is 10.2. The van der Waals surface area contributed by atoms with E-state index in [9.17, 15) is 4.79 Å². The summed E-state index contributed by atoms with van der Waals surface area (Å²) in [5.74, 6) is 1.02. The molecule has 7 heteroatoms. The van der Waals surface area contributed by atoms with Gasteiger partial charge in [0.15, 0.2) is 0 Å². The van der Waals surface area contributed by atoms with Gasteiger partial charge in [-0.05, 0) is 38.4 Å². The molecule has 1 heterocycles. The summed E-state index contributed by atoms with van der Waals surface area (Å²) in [5, 5.41) is 2.86. The van der Waals surface area contributed by atoms with Crippen molar-refractivity contribution in [3.05, 3.63) is 23.9 Å². The molecule has 0 atom stereocenters. The summed E-state index contributed by atoms with van der Waals surface area (Å²) in [6.45, 7) is 7.17. The Morgan fingerprint density at radius 2 is 1.95 bits per heavy atom. The van der Waals surface area contributed by atoms with Crippen molar-refractivity contribution in [2.75, 3.05) is 24.5 Å². The van der Waals surface area contributed by atoms with Gasteiger partial charge >= 0.3 is 0 Å². The number of nitrogens with two attached hydrogens (primary N) is 1. The number of aromatic nitrogens is 1. The topological polar surface area (TPSA) is 71.2 Å². The third kappa shape index (κ3) is 8.09. The van der Waals surface area contributed by atoms with E-state index in [0.29, 0.717) is 19.5 Å². The first-order valence-electron chi connectivity index (χ1n) is 6.87. The lowest BCUT2D eigenvalue weighted by molar-refractivity contribution is -0.121. The van der Waals surface area contributed by atoms with Crippen molar-refractivity contribution in [3.8, 4) is 0 Å². The smallest absolute Gasteiger partial charge is 0.220 e. The van der Waals surface area contributed by atoms with Gasteiger partial charge < -0.3 is 16.0 Å². The summed E-state index contributed by atoms with van der Waals surface area (Å²) in [5.41, 5.74) is 6.37. The number of rotatable bonds is 8. The number of hydrogen-bond donors (Lipinski definition) is 2. The first kappa shape index (κ1) is 22.2. The molecule has 0 saturated carbocycles. The average molecular weight is 337 g/mol. The third-order valence-corrected chi connectivity index (χ3v) is 2.99. The molecule has 3 N–H and O–H groups in total. The fourth-order valence-corrected chi connectivity index (χ4v) is 1.81. The van der Waals surface area contributed by atoms with Crippen molar-refractivity contribution in [2.24, 2.45) is 5.73 Å². The second-order valence-corrected chi connectivity index (χ2v) is 4.37. The Morgan fingerprint density at radius 1 is 1.29 bits per heavy atom. The molecule has 0 saturated heterocycles.